The van der Waals surface area contributed by atoms with Gasteiger partial charge in [0.25, 0.3) is 0 Å². The van der Waals surface area contributed by atoms with Gasteiger partial charge < -0.3 is 10.5 Å². The van der Waals surface area contributed by atoms with Crippen molar-refractivity contribution in [3.8, 4) is 5.75 Å². The number of nitrogens with two attached hydrogens (primary N) is 1. The van der Waals surface area contributed by atoms with Crippen LogP contribution >= 0.6 is 0 Å². The molecule has 0 aromatic heterocycles. The highest BCUT2D eigenvalue weighted by molar-refractivity contribution is 5.27. The quantitative estimate of drug-likeness (QED) is 0.872. The number of methoxy groups -OCH3 is 1. The summed E-state index contributed by atoms with van der Waals surface area (Å²) >= 11 is 0. The summed E-state index contributed by atoms with van der Waals surface area (Å²) in [6, 6.07) is 8.37. The summed E-state index contributed by atoms with van der Waals surface area (Å²) in [5, 5.41) is 0. The van der Waals surface area contributed by atoms with Gasteiger partial charge in [0.1, 0.15) is 5.75 Å². The number of hydrogen-bond donors (Lipinski definition) is 1. The fourth-order valence-electron chi connectivity index (χ4n) is 3.54. The van der Waals surface area contributed by atoms with Crippen LogP contribution in [0.15, 0.2) is 24.3 Å². The van der Waals surface area contributed by atoms with Crippen LogP contribution in [-0.2, 0) is 6.54 Å². The van der Waals surface area contributed by atoms with Gasteiger partial charge in [-0.2, -0.15) is 0 Å². The summed E-state index contributed by atoms with van der Waals surface area (Å²) in [6.07, 6.45) is 6.41. The van der Waals surface area contributed by atoms with Gasteiger partial charge in [-0.1, -0.05) is 25.5 Å². The van der Waals surface area contributed by atoms with E-state index < -0.39 is 0 Å². The van der Waals surface area contributed by atoms with E-state index in [1.165, 1.54) is 37.7 Å². The molecule has 0 aliphatic heterocycles. The van der Waals surface area contributed by atoms with Gasteiger partial charge in [0.15, 0.2) is 0 Å². The Hall–Kier alpha value is -1.06. The molecule has 1 fully saturated rings. The summed E-state index contributed by atoms with van der Waals surface area (Å²) in [7, 11) is 3.93. The van der Waals surface area contributed by atoms with Crippen molar-refractivity contribution in [1.29, 1.82) is 0 Å². The maximum atomic E-state index is 6.16. The average molecular weight is 290 g/mol. The smallest absolute Gasteiger partial charge is 0.118 e. The highest BCUT2D eigenvalue weighted by Crippen LogP contribution is 2.37. The van der Waals surface area contributed by atoms with Crippen molar-refractivity contribution >= 4 is 0 Å². The lowest BCUT2D eigenvalue weighted by Crippen LogP contribution is -2.53. The van der Waals surface area contributed by atoms with E-state index in [1.54, 1.807) is 7.11 Å². The standard InChI is InChI=1S/C18H30N2O/c1-4-15-9-11-18(14-19,12-10-15)20(2)13-16-5-7-17(21-3)8-6-16/h5-8,15H,4,9-14,19H2,1-3H3. The molecular weight excluding hydrogens is 260 g/mol. The Morgan fingerprint density at radius 2 is 1.86 bits per heavy atom. The SMILES string of the molecule is CCC1CCC(CN)(N(C)Cc2ccc(OC)cc2)CC1. The zero-order valence-corrected chi connectivity index (χ0v) is 13.8. The summed E-state index contributed by atoms with van der Waals surface area (Å²) < 4.78 is 5.22. The molecule has 21 heavy (non-hydrogen) atoms. The molecule has 0 spiro atoms. The maximum Gasteiger partial charge on any atom is 0.118 e. The van der Waals surface area contributed by atoms with Gasteiger partial charge in [-0.25, -0.2) is 0 Å². The average Bonchev–Trinajstić information content (AvgIpc) is 2.55. The van der Waals surface area contributed by atoms with Gasteiger partial charge in [0.05, 0.1) is 7.11 Å². The molecule has 1 aliphatic rings. The third-order valence-corrected chi connectivity index (χ3v) is 5.38. The highest BCUT2D eigenvalue weighted by atomic mass is 16.5. The van der Waals surface area contributed by atoms with Crippen LogP contribution in [-0.4, -0.2) is 31.1 Å². The topological polar surface area (TPSA) is 38.5 Å². The number of hydrogen-bond acceptors (Lipinski definition) is 3. The first-order valence-corrected chi connectivity index (χ1v) is 8.18. The van der Waals surface area contributed by atoms with Gasteiger partial charge >= 0.3 is 0 Å². The fraction of sp³-hybridized carbons (Fsp3) is 0.667. The second-order valence-electron chi connectivity index (χ2n) is 6.48. The molecule has 3 nitrogen and oxygen atoms in total. The zero-order chi connectivity index (χ0) is 15.3. The molecule has 1 aromatic rings. The minimum atomic E-state index is 0.186. The predicted octanol–water partition coefficient (Wildman–Crippen LogP) is 3.42. The molecular formula is C18H30N2O. The molecule has 118 valence electrons. The molecule has 1 saturated carbocycles. The van der Waals surface area contributed by atoms with E-state index in [9.17, 15) is 0 Å². The molecule has 0 heterocycles. The van der Waals surface area contributed by atoms with Crippen molar-refractivity contribution in [2.24, 2.45) is 11.7 Å². The van der Waals surface area contributed by atoms with Crippen molar-refractivity contribution in [2.75, 3.05) is 20.7 Å². The number of rotatable bonds is 6. The van der Waals surface area contributed by atoms with Crippen LogP contribution in [0.2, 0.25) is 0 Å². The van der Waals surface area contributed by atoms with Crippen LogP contribution in [0.1, 0.15) is 44.6 Å². The van der Waals surface area contributed by atoms with Crippen molar-refractivity contribution in [3.05, 3.63) is 29.8 Å². The van der Waals surface area contributed by atoms with E-state index in [1.807, 2.05) is 12.1 Å². The number of nitrogens with zero attached hydrogens (tertiary/aromatic N) is 1. The van der Waals surface area contributed by atoms with Gasteiger partial charge in [0.2, 0.25) is 0 Å². The number of ether oxygens (including phenoxy) is 1. The van der Waals surface area contributed by atoms with Crippen LogP contribution in [0.25, 0.3) is 0 Å². The molecule has 0 bridgehead atoms. The number of benzene rings is 1. The number of likely N-dealkylation sites (N-methyl/N-ethyl adjacent to an activating group) is 1. The Labute approximate surface area is 129 Å². The summed E-state index contributed by atoms with van der Waals surface area (Å²) in [4.78, 5) is 2.47. The summed E-state index contributed by atoms with van der Waals surface area (Å²) in [5.41, 5.74) is 7.67. The lowest BCUT2D eigenvalue weighted by atomic mass is 9.74. The van der Waals surface area contributed by atoms with E-state index in [2.05, 4.69) is 31.0 Å². The van der Waals surface area contributed by atoms with Crippen LogP contribution in [0.3, 0.4) is 0 Å². The van der Waals surface area contributed by atoms with Crippen LogP contribution in [0.5, 0.6) is 5.75 Å². The normalized spacial score (nSPS) is 26.0. The molecule has 1 aliphatic carbocycles. The third-order valence-electron chi connectivity index (χ3n) is 5.38. The first-order valence-electron chi connectivity index (χ1n) is 8.18. The molecule has 1 aromatic carbocycles. The van der Waals surface area contributed by atoms with Gasteiger partial charge in [0, 0.05) is 18.6 Å². The first-order chi connectivity index (χ1) is 10.1. The first kappa shape index (κ1) is 16.3. The summed E-state index contributed by atoms with van der Waals surface area (Å²) in [6.45, 7) is 4.02. The highest BCUT2D eigenvalue weighted by Gasteiger charge is 2.36. The lowest BCUT2D eigenvalue weighted by molar-refractivity contribution is 0.0579. The maximum absolute atomic E-state index is 6.16. The minimum absolute atomic E-state index is 0.186. The molecule has 0 saturated heterocycles. The van der Waals surface area contributed by atoms with Gasteiger partial charge in [-0.3, -0.25) is 4.90 Å². The second kappa shape index (κ2) is 7.28. The van der Waals surface area contributed by atoms with Crippen LogP contribution < -0.4 is 10.5 Å². The van der Waals surface area contributed by atoms with Crippen LogP contribution in [0, 0.1) is 5.92 Å². The minimum Gasteiger partial charge on any atom is -0.497 e. The Morgan fingerprint density at radius 1 is 1.24 bits per heavy atom. The van der Waals surface area contributed by atoms with E-state index in [0.29, 0.717) is 0 Å². The van der Waals surface area contributed by atoms with Crippen molar-refractivity contribution < 1.29 is 4.74 Å². The van der Waals surface area contributed by atoms with Crippen molar-refractivity contribution in [1.82, 2.24) is 4.90 Å². The molecule has 0 unspecified atom stereocenters. The van der Waals surface area contributed by atoms with Crippen LogP contribution in [0.4, 0.5) is 0 Å². The molecule has 2 rings (SSSR count). The molecule has 3 heteroatoms. The second-order valence-corrected chi connectivity index (χ2v) is 6.48. The Bertz CT molecular complexity index is 421. The van der Waals surface area contributed by atoms with Crippen molar-refractivity contribution in [2.45, 2.75) is 51.1 Å². The Kier molecular flexibility index (Phi) is 5.65. The van der Waals surface area contributed by atoms with E-state index in [4.69, 9.17) is 10.5 Å². The Morgan fingerprint density at radius 3 is 2.33 bits per heavy atom. The van der Waals surface area contributed by atoms with E-state index in [0.717, 1.165) is 24.8 Å². The fourth-order valence-corrected chi connectivity index (χ4v) is 3.54. The lowest BCUT2D eigenvalue weighted by Gasteiger charge is -2.46. The third kappa shape index (κ3) is 3.78. The summed E-state index contributed by atoms with van der Waals surface area (Å²) in [5.74, 6) is 1.82. The Balaban J connectivity index is 2.01. The monoisotopic (exact) mass is 290 g/mol. The zero-order valence-electron chi connectivity index (χ0n) is 13.8. The molecule has 0 amide bonds. The predicted molar refractivity (Wildman–Crippen MR) is 88.5 cm³/mol. The molecule has 2 N–H and O–H groups in total. The van der Waals surface area contributed by atoms with Gasteiger partial charge in [-0.05, 0) is 56.3 Å². The molecule has 0 radical (unpaired) electrons. The largest absolute Gasteiger partial charge is 0.497 e. The van der Waals surface area contributed by atoms with Gasteiger partial charge in [-0.15, -0.1) is 0 Å². The van der Waals surface area contributed by atoms with E-state index in [-0.39, 0.29) is 5.54 Å². The van der Waals surface area contributed by atoms with E-state index >= 15 is 0 Å². The van der Waals surface area contributed by atoms with Crippen molar-refractivity contribution in [3.63, 3.8) is 0 Å². The molecule has 0 atom stereocenters.